The van der Waals surface area contributed by atoms with Gasteiger partial charge >= 0.3 is 6.18 Å². The van der Waals surface area contributed by atoms with Crippen molar-refractivity contribution in [3.63, 3.8) is 0 Å². The molecule has 2 amide bonds. The van der Waals surface area contributed by atoms with E-state index in [-0.39, 0.29) is 16.1 Å². The van der Waals surface area contributed by atoms with E-state index < -0.39 is 41.1 Å². The van der Waals surface area contributed by atoms with Gasteiger partial charge in [-0.2, -0.15) is 13.2 Å². The summed E-state index contributed by atoms with van der Waals surface area (Å²) in [6.07, 6.45) is -4.56. The quantitative estimate of drug-likeness (QED) is 0.575. The van der Waals surface area contributed by atoms with E-state index >= 15 is 0 Å². The molecule has 2 aromatic rings. The third-order valence-corrected chi connectivity index (χ3v) is 5.06. The van der Waals surface area contributed by atoms with Crippen LogP contribution in [0.3, 0.4) is 0 Å². The van der Waals surface area contributed by atoms with Crippen LogP contribution < -0.4 is 20.1 Å². The number of carbonyl (C=O) groups excluding carboxylic acids is 2. The lowest BCUT2D eigenvalue weighted by atomic mass is 10.2. The molecule has 0 aliphatic rings. The minimum Gasteiger partial charge on any atom is -0.495 e. The van der Waals surface area contributed by atoms with Crippen LogP contribution in [0.5, 0.6) is 5.75 Å². The van der Waals surface area contributed by atoms with Gasteiger partial charge in [-0.05, 0) is 36.4 Å². The summed E-state index contributed by atoms with van der Waals surface area (Å²) in [7, 11) is -2.58. The Hall–Kier alpha value is -3.28. The number of halogens is 3. The van der Waals surface area contributed by atoms with Crippen molar-refractivity contribution in [2.75, 3.05) is 24.9 Å². The predicted octanol–water partition coefficient (Wildman–Crippen LogP) is 1.90. The van der Waals surface area contributed by atoms with Crippen LogP contribution in [-0.4, -0.2) is 46.6 Å². The molecule has 2 aromatic carbocycles. The van der Waals surface area contributed by atoms with Gasteiger partial charge in [0.1, 0.15) is 12.3 Å². The van der Waals surface area contributed by atoms with Crippen LogP contribution in [-0.2, 0) is 14.8 Å². The van der Waals surface area contributed by atoms with Gasteiger partial charge in [-0.1, -0.05) is 12.1 Å². The number of alkyl halides is 3. The molecule has 0 radical (unpaired) electrons. The highest BCUT2D eigenvalue weighted by atomic mass is 32.2. The van der Waals surface area contributed by atoms with Crippen molar-refractivity contribution < 1.29 is 35.9 Å². The number of hydrogen-bond donors (Lipinski definition) is 3. The third-order valence-electron chi connectivity index (χ3n) is 3.67. The fraction of sp³-hybridized carbons (Fsp3) is 0.222. The molecule has 2 rings (SSSR count). The molecule has 162 valence electrons. The standard InChI is InChI=1S/C18H18F3N3O5S/c1-29-15-5-3-2-4-14(15)24-30(27,28)13-8-6-12(7-9-13)17(26)22-10-16(25)23-11-18(19,20)21/h2-9,24H,10-11H2,1H3,(H,22,26)(H,23,25). The van der Waals surface area contributed by atoms with Crippen LogP contribution in [0, 0.1) is 0 Å². The van der Waals surface area contributed by atoms with Gasteiger partial charge in [0.15, 0.2) is 0 Å². The maximum Gasteiger partial charge on any atom is 0.405 e. The van der Waals surface area contributed by atoms with Gasteiger partial charge in [0, 0.05) is 5.56 Å². The Morgan fingerprint density at radius 2 is 1.63 bits per heavy atom. The van der Waals surface area contributed by atoms with Gasteiger partial charge in [0.05, 0.1) is 24.2 Å². The molecule has 0 heterocycles. The summed E-state index contributed by atoms with van der Waals surface area (Å²) in [5, 5.41) is 3.76. The molecule has 0 aliphatic carbocycles. The van der Waals surface area contributed by atoms with E-state index in [0.29, 0.717) is 5.75 Å². The molecule has 0 atom stereocenters. The Morgan fingerprint density at radius 1 is 1.00 bits per heavy atom. The summed E-state index contributed by atoms with van der Waals surface area (Å²) >= 11 is 0. The molecule has 0 saturated carbocycles. The van der Waals surface area contributed by atoms with E-state index in [1.807, 2.05) is 0 Å². The maximum absolute atomic E-state index is 12.5. The number of methoxy groups -OCH3 is 1. The average Bonchev–Trinajstić information content (AvgIpc) is 2.70. The molecule has 0 unspecified atom stereocenters. The second-order valence-corrected chi connectivity index (χ2v) is 7.59. The number of sulfonamides is 1. The van der Waals surface area contributed by atoms with Crippen LogP contribution in [0.1, 0.15) is 10.4 Å². The highest BCUT2D eigenvalue weighted by Gasteiger charge is 2.27. The number of amides is 2. The van der Waals surface area contributed by atoms with Crippen LogP contribution in [0.25, 0.3) is 0 Å². The summed E-state index contributed by atoms with van der Waals surface area (Å²) in [6, 6.07) is 11.2. The molecule has 0 spiro atoms. The lowest BCUT2D eigenvalue weighted by molar-refractivity contribution is -0.137. The first-order valence-corrected chi connectivity index (χ1v) is 9.88. The lowest BCUT2D eigenvalue weighted by Gasteiger charge is -2.12. The Balaban J connectivity index is 1.99. The summed E-state index contributed by atoms with van der Waals surface area (Å²) < 4.78 is 68.6. The van der Waals surface area contributed by atoms with Crippen molar-refractivity contribution >= 4 is 27.5 Å². The zero-order chi connectivity index (χ0) is 22.4. The molecule has 0 saturated heterocycles. The van der Waals surface area contributed by atoms with Crippen molar-refractivity contribution in [2.24, 2.45) is 0 Å². The van der Waals surface area contributed by atoms with Crippen LogP contribution in [0.15, 0.2) is 53.4 Å². The summed E-state index contributed by atoms with van der Waals surface area (Å²) in [4.78, 5) is 23.2. The summed E-state index contributed by atoms with van der Waals surface area (Å²) in [5.41, 5.74) is 0.251. The number of hydrogen-bond acceptors (Lipinski definition) is 5. The predicted molar refractivity (Wildman–Crippen MR) is 102 cm³/mol. The molecule has 12 heteroatoms. The zero-order valence-electron chi connectivity index (χ0n) is 15.6. The summed E-state index contributed by atoms with van der Waals surface area (Å²) in [5.74, 6) is -1.44. The highest BCUT2D eigenvalue weighted by molar-refractivity contribution is 7.92. The first kappa shape index (κ1) is 23.0. The first-order chi connectivity index (χ1) is 14.0. The number of anilines is 1. The smallest absolute Gasteiger partial charge is 0.405 e. The second kappa shape index (κ2) is 9.48. The molecular formula is C18H18F3N3O5S. The Bertz CT molecular complexity index is 1010. The zero-order valence-corrected chi connectivity index (χ0v) is 16.4. The first-order valence-electron chi connectivity index (χ1n) is 8.39. The molecule has 3 N–H and O–H groups in total. The topological polar surface area (TPSA) is 114 Å². The van der Waals surface area contributed by atoms with Crippen molar-refractivity contribution in [3.8, 4) is 5.75 Å². The Morgan fingerprint density at radius 3 is 2.23 bits per heavy atom. The number of nitrogens with one attached hydrogen (secondary N) is 3. The number of ether oxygens (including phenoxy) is 1. The fourth-order valence-electron chi connectivity index (χ4n) is 2.24. The number of para-hydroxylation sites is 2. The fourth-order valence-corrected chi connectivity index (χ4v) is 3.31. The maximum atomic E-state index is 12.5. The number of carbonyl (C=O) groups is 2. The van der Waals surface area contributed by atoms with Gasteiger partial charge in [-0.25, -0.2) is 8.42 Å². The molecule has 0 aromatic heterocycles. The van der Waals surface area contributed by atoms with Gasteiger partial charge in [0.2, 0.25) is 5.91 Å². The van der Waals surface area contributed by atoms with E-state index in [4.69, 9.17) is 4.74 Å². The van der Waals surface area contributed by atoms with Crippen molar-refractivity contribution in [1.29, 1.82) is 0 Å². The molecular weight excluding hydrogens is 427 g/mol. The molecule has 30 heavy (non-hydrogen) atoms. The third kappa shape index (κ3) is 6.65. The van der Waals surface area contributed by atoms with Gasteiger partial charge in [0.25, 0.3) is 15.9 Å². The van der Waals surface area contributed by atoms with Gasteiger partial charge in [-0.3, -0.25) is 14.3 Å². The normalized spacial score (nSPS) is 11.5. The molecule has 0 bridgehead atoms. The SMILES string of the molecule is COc1ccccc1NS(=O)(=O)c1ccc(C(=O)NCC(=O)NCC(F)(F)F)cc1. The van der Waals surface area contributed by atoms with E-state index in [1.165, 1.54) is 37.4 Å². The number of benzene rings is 2. The molecule has 8 nitrogen and oxygen atoms in total. The van der Waals surface area contributed by atoms with Gasteiger partial charge in [-0.15, -0.1) is 0 Å². The lowest BCUT2D eigenvalue weighted by Crippen LogP contribution is -2.40. The van der Waals surface area contributed by atoms with Crippen molar-refractivity contribution in [3.05, 3.63) is 54.1 Å². The highest BCUT2D eigenvalue weighted by Crippen LogP contribution is 2.26. The van der Waals surface area contributed by atoms with Gasteiger partial charge < -0.3 is 15.4 Å². The van der Waals surface area contributed by atoms with Crippen molar-refractivity contribution in [2.45, 2.75) is 11.1 Å². The number of rotatable bonds is 8. The minimum atomic E-state index is -4.56. The molecule has 0 aliphatic heterocycles. The summed E-state index contributed by atoms with van der Waals surface area (Å²) in [6.45, 7) is -2.17. The van der Waals surface area contributed by atoms with Crippen LogP contribution in [0.2, 0.25) is 0 Å². The monoisotopic (exact) mass is 445 g/mol. The minimum absolute atomic E-state index is 0.0230. The van der Waals surface area contributed by atoms with E-state index in [1.54, 1.807) is 23.5 Å². The van der Waals surface area contributed by atoms with E-state index in [0.717, 1.165) is 0 Å². The van der Waals surface area contributed by atoms with E-state index in [2.05, 4.69) is 10.0 Å². The Labute approximate surface area is 170 Å². The molecule has 0 fully saturated rings. The van der Waals surface area contributed by atoms with Crippen molar-refractivity contribution in [1.82, 2.24) is 10.6 Å². The van der Waals surface area contributed by atoms with E-state index in [9.17, 15) is 31.2 Å². The average molecular weight is 445 g/mol. The largest absolute Gasteiger partial charge is 0.495 e. The second-order valence-electron chi connectivity index (χ2n) is 5.90. The Kier molecular flexibility index (Phi) is 7.27. The van der Waals surface area contributed by atoms with Crippen LogP contribution in [0.4, 0.5) is 18.9 Å². The van der Waals surface area contributed by atoms with Crippen LogP contribution >= 0.6 is 0 Å².